The van der Waals surface area contributed by atoms with Crippen molar-refractivity contribution < 1.29 is 19.1 Å². The SMILES string of the molecule is CC(=O)NCCC(=O)OCC(=O)Nc1nc2c(C)cc(C)cc2s1. The highest BCUT2D eigenvalue weighted by Gasteiger charge is 2.12. The summed E-state index contributed by atoms with van der Waals surface area (Å²) in [5.74, 6) is -1.21. The summed E-state index contributed by atoms with van der Waals surface area (Å²) in [5, 5.41) is 5.58. The quantitative estimate of drug-likeness (QED) is 0.777. The molecule has 0 spiro atoms. The van der Waals surface area contributed by atoms with Gasteiger partial charge in [-0.15, -0.1) is 0 Å². The van der Waals surface area contributed by atoms with Crippen LogP contribution in [0.25, 0.3) is 10.2 Å². The molecule has 0 saturated carbocycles. The predicted octanol–water partition coefficient (Wildman–Crippen LogP) is 1.92. The second-order valence-corrected chi connectivity index (χ2v) is 6.42. The van der Waals surface area contributed by atoms with Gasteiger partial charge in [-0.25, -0.2) is 4.98 Å². The Bertz CT molecular complexity index is 785. The third-order valence-corrected chi connectivity index (χ3v) is 4.06. The van der Waals surface area contributed by atoms with Crippen molar-refractivity contribution in [1.29, 1.82) is 0 Å². The molecule has 2 N–H and O–H groups in total. The third kappa shape index (κ3) is 5.02. The molecule has 1 aromatic heterocycles. The Morgan fingerprint density at radius 3 is 2.71 bits per heavy atom. The maximum atomic E-state index is 11.8. The van der Waals surface area contributed by atoms with E-state index in [4.69, 9.17) is 4.74 Å². The van der Waals surface area contributed by atoms with E-state index in [0.29, 0.717) is 5.13 Å². The zero-order valence-electron chi connectivity index (χ0n) is 13.8. The van der Waals surface area contributed by atoms with Gasteiger partial charge in [-0.3, -0.25) is 19.7 Å². The first-order valence-corrected chi connectivity index (χ1v) is 8.24. The maximum Gasteiger partial charge on any atom is 0.308 e. The first kappa shape index (κ1) is 17.9. The lowest BCUT2D eigenvalue weighted by molar-refractivity contribution is -0.147. The number of rotatable bonds is 6. The Kier molecular flexibility index (Phi) is 5.86. The van der Waals surface area contributed by atoms with E-state index >= 15 is 0 Å². The smallest absolute Gasteiger partial charge is 0.308 e. The molecule has 1 heterocycles. The Morgan fingerprint density at radius 2 is 2.00 bits per heavy atom. The molecule has 0 saturated heterocycles. The van der Waals surface area contributed by atoms with Crippen LogP contribution in [-0.4, -0.2) is 35.9 Å². The van der Waals surface area contributed by atoms with Crippen LogP contribution < -0.4 is 10.6 Å². The molecule has 7 nitrogen and oxygen atoms in total. The summed E-state index contributed by atoms with van der Waals surface area (Å²) in [6.45, 7) is 5.14. The zero-order chi connectivity index (χ0) is 17.7. The number of aromatic nitrogens is 1. The molecule has 24 heavy (non-hydrogen) atoms. The number of amides is 2. The van der Waals surface area contributed by atoms with Gasteiger partial charge in [0.05, 0.1) is 16.6 Å². The molecule has 0 unspecified atom stereocenters. The summed E-state index contributed by atoms with van der Waals surface area (Å²) in [7, 11) is 0. The van der Waals surface area contributed by atoms with Crippen molar-refractivity contribution in [3.05, 3.63) is 23.3 Å². The summed E-state index contributed by atoms with van der Waals surface area (Å²) in [6, 6.07) is 4.04. The van der Waals surface area contributed by atoms with E-state index in [2.05, 4.69) is 15.6 Å². The molecule has 128 valence electrons. The van der Waals surface area contributed by atoms with Crippen molar-refractivity contribution in [3.63, 3.8) is 0 Å². The van der Waals surface area contributed by atoms with Crippen LogP contribution in [0.4, 0.5) is 5.13 Å². The highest BCUT2D eigenvalue weighted by Crippen LogP contribution is 2.29. The highest BCUT2D eigenvalue weighted by atomic mass is 32.1. The molecule has 0 atom stereocenters. The lowest BCUT2D eigenvalue weighted by Gasteiger charge is -2.05. The number of ether oxygens (including phenoxy) is 1. The first-order valence-electron chi connectivity index (χ1n) is 7.43. The van der Waals surface area contributed by atoms with Gasteiger partial charge >= 0.3 is 5.97 Å². The summed E-state index contributed by atoms with van der Waals surface area (Å²) in [5.41, 5.74) is 3.04. The summed E-state index contributed by atoms with van der Waals surface area (Å²) in [6.07, 6.45) is 0.0203. The molecule has 0 aliphatic rings. The Balaban J connectivity index is 1.85. The van der Waals surface area contributed by atoms with Crippen molar-refractivity contribution >= 4 is 44.5 Å². The van der Waals surface area contributed by atoms with Gasteiger partial charge in [0.15, 0.2) is 11.7 Å². The zero-order valence-corrected chi connectivity index (χ0v) is 14.6. The Hall–Kier alpha value is -2.48. The standard InChI is InChI=1S/C16H19N3O4S/c1-9-6-10(2)15-12(7-9)24-16(19-15)18-13(21)8-23-14(22)4-5-17-11(3)20/h6-7H,4-5,8H2,1-3H3,(H,17,20)(H,18,19,21). The number of benzene rings is 1. The van der Waals surface area contributed by atoms with Crippen molar-refractivity contribution in [3.8, 4) is 0 Å². The minimum Gasteiger partial charge on any atom is -0.456 e. The molecule has 1 aromatic carbocycles. The van der Waals surface area contributed by atoms with Crippen molar-refractivity contribution in [1.82, 2.24) is 10.3 Å². The molecular formula is C16H19N3O4S. The number of nitrogens with zero attached hydrogens (tertiary/aromatic N) is 1. The number of thiazole rings is 1. The lowest BCUT2D eigenvalue weighted by atomic mass is 10.1. The van der Waals surface area contributed by atoms with Gasteiger partial charge in [0.1, 0.15) is 0 Å². The van der Waals surface area contributed by atoms with E-state index < -0.39 is 11.9 Å². The van der Waals surface area contributed by atoms with E-state index in [9.17, 15) is 14.4 Å². The summed E-state index contributed by atoms with van der Waals surface area (Å²) < 4.78 is 5.84. The molecule has 0 radical (unpaired) electrons. The highest BCUT2D eigenvalue weighted by molar-refractivity contribution is 7.22. The summed E-state index contributed by atoms with van der Waals surface area (Å²) >= 11 is 1.37. The lowest BCUT2D eigenvalue weighted by Crippen LogP contribution is -2.25. The van der Waals surface area contributed by atoms with Crippen LogP contribution in [0.5, 0.6) is 0 Å². The average molecular weight is 349 g/mol. The average Bonchev–Trinajstić information content (AvgIpc) is 2.87. The molecule has 2 amide bonds. The van der Waals surface area contributed by atoms with Crippen LogP contribution in [0.2, 0.25) is 0 Å². The van der Waals surface area contributed by atoms with Crippen LogP contribution in [0, 0.1) is 13.8 Å². The number of carbonyl (C=O) groups is 3. The molecule has 2 aromatic rings. The van der Waals surface area contributed by atoms with E-state index in [1.165, 1.54) is 18.3 Å². The van der Waals surface area contributed by atoms with E-state index in [0.717, 1.165) is 21.3 Å². The van der Waals surface area contributed by atoms with Gasteiger partial charge in [-0.2, -0.15) is 0 Å². The van der Waals surface area contributed by atoms with Gasteiger partial charge < -0.3 is 10.1 Å². The monoisotopic (exact) mass is 349 g/mol. The number of nitrogens with one attached hydrogen (secondary N) is 2. The number of carbonyl (C=O) groups excluding carboxylic acids is 3. The number of fused-ring (bicyclic) bond motifs is 1. The van der Waals surface area contributed by atoms with Gasteiger partial charge in [0.25, 0.3) is 5.91 Å². The summed E-state index contributed by atoms with van der Waals surface area (Å²) in [4.78, 5) is 38.3. The Morgan fingerprint density at radius 1 is 1.25 bits per heavy atom. The normalized spacial score (nSPS) is 10.5. The van der Waals surface area contributed by atoms with Crippen LogP contribution in [0.3, 0.4) is 0 Å². The van der Waals surface area contributed by atoms with E-state index in [-0.39, 0.29) is 25.5 Å². The van der Waals surface area contributed by atoms with Gasteiger partial charge in [-0.05, 0) is 31.0 Å². The molecular weight excluding hydrogens is 330 g/mol. The van der Waals surface area contributed by atoms with Gasteiger partial charge in [-0.1, -0.05) is 17.4 Å². The van der Waals surface area contributed by atoms with E-state index in [1.54, 1.807) is 0 Å². The number of anilines is 1. The van der Waals surface area contributed by atoms with Crippen molar-refractivity contribution in [2.75, 3.05) is 18.5 Å². The molecule has 0 aliphatic carbocycles. The van der Waals surface area contributed by atoms with Crippen LogP contribution in [0.1, 0.15) is 24.5 Å². The molecule has 0 bridgehead atoms. The second kappa shape index (κ2) is 7.87. The number of esters is 1. The van der Waals surface area contributed by atoms with Gasteiger partial charge in [0.2, 0.25) is 5.91 Å². The number of hydrogen-bond donors (Lipinski definition) is 2. The molecule has 0 fully saturated rings. The first-order chi connectivity index (χ1) is 11.3. The van der Waals surface area contributed by atoms with Crippen LogP contribution in [-0.2, 0) is 19.1 Å². The molecule has 8 heteroatoms. The third-order valence-electron chi connectivity index (χ3n) is 3.14. The largest absolute Gasteiger partial charge is 0.456 e. The van der Waals surface area contributed by atoms with Crippen LogP contribution >= 0.6 is 11.3 Å². The van der Waals surface area contributed by atoms with E-state index in [1.807, 2.05) is 26.0 Å². The topological polar surface area (TPSA) is 97.4 Å². The molecule has 0 aliphatic heterocycles. The number of hydrogen-bond acceptors (Lipinski definition) is 6. The Labute approximate surface area is 143 Å². The fourth-order valence-electron chi connectivity index (χ4n) is 2.14. The van der Waals surface area contributed by atoms with Crippen molar-refractivity contribution in [2.45, 2.75) is 27.2 Å². The fraction of sp³-hybridized carbons (Fsp3) is 0.375. The number of aryl methyl sites for hydroxylation is 2. The minimum atomic E-state index is -0.547. The fourth-order valence-corrected chi connectivity index (χ4v) is 3.20. The minimum absolute atomic E-state index is 0.0203. The van der Waals surface area contributed by atoms with Crippen LogP contribution in [0.15, 0.2) is 12.1 Å². The maximum absolute atomic E-state index is 11.8. The molecule has 2 rings (SSSR count). The van der Waals surface area contributed by atoms with Gasteiger partial charge in [0, 0.05) is 13.5 Å². The predicted molar refractivity (Wildman–Crippen MR) is 92.0 cm³/mol. The van der Waals surface area contributed by atoms with Crippen molar-refractivity contribution in [2.24, 2.45) is 0 Å². The second-order valence-electron chi connectivity index (χ2n) is 5.39.